The van der Waals surface area contributed by atoms with E-state index in [1.807, 2.05) is 7.05 Å². The van der Waals surface area contributed by atoms with Crippen molar-refractivity contribution in [2.45, 2.75) is 19.5 Å². The van der Waals surface area contributed by atoms with Crippen LogP contribution in [-0.4, -0.2) is 50.1 Å². The van der Waals surface area contributed by atoms with Crippen LogP contribution < -0.4 is 15.0 Å². The van der Waals surface area contributed by atoms with Crippen molar-refractivity contribution in [3.63, 3.8) is 0 Å². The Balaban J connectivity index is 2.01. The Kier molecular flexibility index (Phi) is 4.97. The van der Waals surface area contributed by atoms with E-state index in [1.165, 1.54) is 18.1 Å². The Hall–Kier alpha value is -2.15. The van der Waals surface area contributed by atoms with Gasteiger partial charge in [-0.2, -0.15) is 0 Å². The quantitative estimate of drug-likeness (QED) is 0.791. The molecule has 0 radical (unpaired) electrons. The minimum atomic E-state index is -0.425. The Morgan fingerprint density at radius 1 is 1.55 bits per heavy atom. The summed E-state index contributed by atoms with van der Waals surface area (Å²) in [5.41, 5.74) is 0.765. The lowest BCUT2D eigenvalue weighted by Crippen LogP contribution is -3.12. The number of likely N-dealkylation sites (N-methyl/N-ethyl adjacent to an activating group) is 1. The summed E-state index contributed by atoms with van der Waals surface area (Å²) >= 11 is 0. The van der Waals surface area contributed by atoms with Gasteiger partial charge in [0.05, 0.1) is 14.2 Å². The van der Waals surface area contributed by atoms with E-state index in [0.29, 0.717) is 19.6 Å². The van der Waals surface area contributed by atoms with Crippen molar-refractivity contribution in [3.8, 4) is 5.75 Å². The molecule has 120 valence electrons. The number of amides is 3. The maximum absolute atomic E-state index is 13.7. The summed E-state index contributed by atoms with van der Waals surface area (Å²) < 4.78 is 18.6. The highest BCUT2D eigenvalue weighted by molar-refractivity contribution is 5.97. The molecular weight excluding hydrogens is 289 g/mol. The summed E-state index contributed by atoms with van der Waals surface area (Å²) in [7, 11) is 3.26. The van der Waals surface area contributed by atoms with Crippen LogP contribution in [0.15, 0.2) is 18.2 Å². The van der Waals surface area contributed by atoms with Crippen LogP contribution in [-0.2, 0) is 11.3 Å². The summed E-state index contributed by atoms with van der Waals surface area (Å²) in [5.74, 6) is -0.452. The predicted molar refractivity (Wildman–Crippen MR) is 78.1 cm³/mol. The van der Waals surface area contributed by atoms with E-state index in [-0.39, 0.29) is 17.7 Å². The van der Waals surface area contributed by atoms with Crippen LogP contribution in [0.25, 0.3) is 0 Å². The number of ether oxygens (including phenoxy) is 1. The van der Waals surface area contributed by atoms with Crippen molar-refractivity contribution < 1.29 is 23.6 Å². The van der Waals surface area contributed by atoms with Crippen LogP contribution in [0, 0.1) is 5.82 Å². The van der Waals surface area contributed by atoms with Crippen LogP contribution in [0.1, 0.15) is 12.5 Å². The highest BCUT2D eigenvalue weighted by atomic mass is 19.1. The Morgan fingerprint density at radius 3 is 2.82 bits per heavy atom. The fourth-order valence-electron chi connectivity index (χ4n) is 2.42. The second-order valence-electron chi connectivity index (χ2n) is 5.44. The van der Waals surface area contributed by atoms with Gasteiger partial charge in [-0.15, -0.1) is 0 Å². The van der Waals surface area contributed by atoms with Crippen molar-refractivity contribution >= 4 is 11.9 Å². The van der Waals surface area contributed by atoms with Gasteiger partial charge in [0.2, 0.25) is 0 Å². The topological polar surface area (TPSA) is 63.1 Å². The molecule has 1 aliphatic rings. The SMILES string of the molecule is COc1ccc(C[NH+](C)[C@H](C)C(=O)N2CCNC2=O)cc1F. The third-order valence-corrected chi connectivity index (χ3v) is 3.93. The lowest BCUT2D eigenvalue weighted by molar-refractivity contribution is -0.908. The number of carbonyl (C=O) groups is 2. The zero-order valence-corrected chi connectivity index (χ0v) is 13.0. The van der Waals surface area contributed by atoms with Gasteiger partial charge in [-0.1, -0.05) is 0 Å². The molecule has 1 unspecified atom stereocenters. The number of quaternary nitrogens is 1. The van der Waals surface area contributed by atoms with Crippen LogP contribution in [0.2, 0.25) is 0 Å². The summed E-state index contributed by atoms with van der Waals surface area (Å²) in [6.07, 6.45) is 0. The molecule has 0 saturated carbocycles. The first-order chi connectivity index (χ1) is 10.4. The highest BCUT2D eigenvalue weighted by Crippen LogP contribution is 2.17. The van der Waals surface area contributed by atoms with Gasteiger partial charge in [-0.25, -0.2) is 9.18 Å². The lowest BCUT2D eigenvalue weighted by Gasteiger charge is -2.24. The molecule has 1 saturated heterocycles. The van der Waals surface area contributed by atoms with E-state index in [2.05, 4.69) is 5.32 Å². The largest absolute Gasteiger partial charge is 0.494 e. The molecule has 0 spiro atoms. The summed E-state index contributed by atoms with van der Waals surface area (Å²) in [5, 5.41) is 2.61. The molecular formula is C15H21FN3O3+. The Bertz CT molecular complexity index is 579. The average molecular weight is 310 g/mol. The van der Waals surface area contributed by atoms with Gasteiger partial charge in [0.1, 0.15) is 6.54 Å². The molecule has 1 heterocycles. The third-order valence-electron chi connectivity index (χ3n) is 3.93. The molecule has 1 aromatic carbocycles. The molecule has 2 N–H and O–H groups in total. The van der Waals surface area contributed by atoms with Gasteiger partial charge < -0.3 is 15.0 Å². The number of hydrogen-bond donors (Lipinski definition) is 2. The number of carbonyl (C=O) groups excluding carboxylic acids is 2. The number of nitrogens with zero attached hydrogens (tertiary/aromatic N) is 1. The number of rotatable bonds is 5. The van der Waals surface area contributed by atoms with Gasteiger partial charge in [-0.3, -0.25) is 9.69 Å². The van der Waals surface area contributed by atoms with Crippen LogP contribution >= 0.6 is 0 Å². The minimum Gasteiger partial charge on any atom is -0.494 e. The van der Waals surface area contributed by atoms with Crippen molar-refractivity contribution in [2.24, 2.45) is 0 Å². The van der Waals surface area contributed by atoms with Gasteiger partial charge in [0.25, 0.3) is 5.91 Å². The maximum Gasteiger partial charge on any atom is 0.324 e. The zero-order valence-electron chi connectivity index (χ0n) is 13.0. The van der Waals surface area contributed by atoms with Crippen molar-refractivity contribution in [3.05, 3.63) is 29.6 Å². The Morgan fingerprint density at radius 2 is 2.27 bits per heavy atom. The van der Waals surface area contributed by atoms with Crippen molar-refractivity contribution in [1.82, 2.24) is 10.2 Å². The molecule has 7 heteroatoms. The normalized spacial score (nSPS) is 17.1. The molecule has 2 rings (SSSR count). The minimum absolute atomic E-state index is 0.194. The predicted octanol–water partition coefficient (Wildman–Crippen LogP) is -0.211. The molecule has 0 bridgehead atoms. The van der Waals surface area contributed by atoms with Crippen LogP contribution in [0.3, 0.4) is 0 Å². The number of hydrogen-bond acceptors (Lipinski definition) is 3. The molecule has 3 amide bonds. The van der Waals surface area contributed by atoms with Crippen LogP contribution in [0.4, 0.5) is 9.18 Å². The fourth-order valence-corrected chi connectivity index (χ4v) is 2.42. The zero-order chi connectivity index (χ0) is 16.3. The molecule has 0 aliphatic carbocycles. The first kappa shape index (κ1) is 16.2. The molecule has 1 fully saturated rings. The maximum atomic E-state index is 13.7. The standard InChI is InChI=1S/C15H20FN3O3/c1-10(14(20)19-7-6-17-15(19)21)18(2)9-11-4-5-13(22-3)12(16)8-11/h4-5,8,10H,6-7,9H2,1-3H3,(H,17,21)/p+1/t10-/m1/s1. The molecule has 6 nitrogen and oxygen atoms in total. The van der Waals surface area contributed by atoms with Crippen LogP contribution in [0.5, 0.6) is 5.75 Å². The van der Waals surface area contributed by atoms with Gasteiger partial charge >= 0.3 is 6.03 Å². The van der Waals surface area contributed by atoms with Crippen molar-refractivity contribution in [1.29, 1.82) is 0 Å². The van der Waals surface area contributed by atoms with E-state index in [9.17, 15) is 14.0 Å². The summed E-state index contributed by atoms with van der Waals surface area (Å²) in [4.78, 5) is 26.0. The van der Waals surface area contributed by atoms with E-state index < -0.39 is 11.9 Å². The average Bonchev–Trinajstić information content (AvgIpc) is 2.92. The number of halogens is 1. The van der Waals surface area contributed by atoms with E-state index in [0.717, 1.165) is 10.5 Å². The number of benzene rings is 1. The summed E-state index contributed by atoms with van der Waals surface area (Å²) in [6.45, 7) is 3.12. The molecule has 1 aromatic rings. The van der Waals surface area contributed by atoms with E-state index in [1.54, 1.807) is 19.1 Å². The monoisotopic (exact) mass is 310 g/mol. The fraction of sp³-hybridized carbons (Fsp3) is 0.467. The number of urea groups is 1. The molecule has 1 aliphatic heterocycles. The summed E-state index contributed by atoms with van der Waals surface area (Å²) in [6, 6.07) is 4.00. The van der Waals surface area contributed by atoms with E-state index in [4.69, 9.17) is 4.74 Å². The van der Waals surface area contributed by atoms with E-state index >= 15 is 0 Å². The van der Waals surface area contributed by atoms with Gasteiger partial charge in [-0.05, 0) is 25.1 Å². The second kappa shape index (κ2) is 6.74. The molecule has 0 aromatic heterocycles. The number of imide groups is 1. The first-order valence-corrected chi connectivity index (χ1v) is 7.18. The van der Waals surface area contributed by atoms with Gasteiger partial charge in [0.15, 0.2) is 17.6 Å². The second-order valence-corrected chi connectivity index (χ2v) is 5.44. The number of methoxy groups -OCH3 is 1. The third kappa shape index (κ3) is 3.36. The molecule has 22 heavy (non-hydrogen) atoms. The Labute approximate surface area is 128 Å². The van der Waals surface area contributed by atoms with Gasteiger partial charge in [0, 0.05) is 18.7 Å². The first-order valence-electron chi connectivity index (χ1n) is 7.18. The lowest BCUT2D eigenvalue weighted by atomic mass is 10.1. The number of nitrogens with one attached hydrogen (secondary N) is 2. The van der Waals surface area contributed by atoms with Crippen molar-refractivity contribution in [2.75, 3.05) is 27.2 Å². The smallest absolute Gasteiger partial charge is 0.324 e. The molecule has 2 atom stereocenters. The highest BCUT2D eigenvalue weighted by Gasteiger charge is 2.33.